The van der Waals surface area contributed by atoms with Crippen LogP contribution in [0.2, 0.25) is 0 Å². The molecule has 0 aliphatic rings. The summed E-state index contributed by atoms with van der Waals surface area (Å²) in [6, 6.07) is 9.83. The van der Waals surface area contributed by atoms with E-state index in [4.69, 9.17) is 4.74 Å². The molecule has 0 aliphatic heterocycles. The van der Waals surface area contributed by atoms with Gasteiger partial charge in [-0.15, -0.1) is 0 Å². The van der Waals surface area contributed by atoms with Crippen LogP contribution in [0.3, 0.4) is 0 Å². The largest absolute Gasteiger partial charge is 0.464 e. The minimum atomic E-state index is -0.353. The number of rotatable bonds is 7. The highest BCUT2D eigenvalue weighted by Gasteiger charge is 2.14. The van der Waals surface area contributed by atoms with Gasteiger partial charge in [-0.3, -0.25) is 9.59 Å². The fourth-order valence-corrected chi connectivity index (χ4v) is 1.67. The highest BCUT2D eigenvalue weighted by molar-refractivity contribution is 5.81. The van der Waals surface area contributed by atoms with Gasteiger partial charge in [0.1, 0.15) is 6.54 Å². The Hall–Kier alpha value is -1.84. The van der Waals surface area contributed by atoms with Gasteiger partial charge in [-0.2, -0.15) is 0 Å². The van der Waals surface area contributed by atoms with Crippen molar-refractivity contribution in [2.45, 2.75) is 26.7 Å². The van der Waals surface area contributed by atoms with Crippen molar-refractivity contribution in [3.05, 3.63) is 35.9 Å². The number of hydrogen-bond acceptors (Lipinski definition) is 3. The van der Waals surface area contributed by atoms with Crippen molar-refractivity contribution in [2.24, 2.45) is 5.92 Å². The molecule has 0 aromatic heterocycles. The third-order valence-corrected chi connectivity index (χ3v) is 2.84. The lowest BCUT2D eigenvalue weighted by Gasteiger charge is -2.16. The quantitative estimate of drug-likeness (QED) is 0.718. The third kappa shape index (κ3) is 6.36. The molecule has 1 amide bonds. The molecule has 110 valence electrons. The zero-order valence-corrected chi connectivity index (χ0v) is 12.5. The summed E-state index contributed by atoms with van der Waals surface area (Å²) >= 11 is 0. The van der Waals surface area contributed by atoms with E-state index in [1.807, 2.05) is 44.2 Å². The van der Waals surface area contributed by atoms with Crippen molar-refractivity contribution >= 4 is 11.9 Å². The molecular weight excluding hydrogens is 254 g/mol. The summed E-state index contributed by atoms with van der Waals surface area (Å²) in [6.45, 7) is 4.36. The molecule has 0 radical (unpaired) electrons. The Kier molecular flexibility index (Phi) is 6.77. The van der Waals surface area contributed by atoms with Gasteiger partial charge in [-0.05, 0) is 17.9 Å². The third-order valence-electron chi connectivity index (χ3n) is 2.84. The summed E-state index contributed by atoms with van der Waals surface area (Å²) in [5.41, 5.74) is 1.12. The molecule has 0 bridgehead atoms. The number of carbonyl (C=O) groups is 2. The van der Waals surface area contributed by atoms with Crippen LogP contribution in [0.5, 0.6) is 0 Å². The molecule has 4 nitrogen and oxygen atoms in total. The predicted octanol–water partition coefficient (Wildman–Crippen LogP) is 2.28. The molecule has 0 saturated carbocycles. The first-order chi connectivity index (χ1) is 9.49. The molecule has 0 N–H and O–H groups in total. The first kappa shape index (κ1) is 16.2. The number of carbonyl (C=O) groups excluding carboxylic acids is 2. The maximum absolute atomic E-state index is 11.9. The Bertz CT molecular complexity index is 429. The maximum atomic E-state index is 11.9. The van der Waals surface area contributed by atoms with Crippen molar-refractivity contribution in [1.29, 1.82) is 0 Å². The van der Waals surface area contributed by atoms with Gasteiger partial charge < -0.3 is 9.64 Å². The first-order valence-electron chi connectivity index (χ1n) is 6.92. The molecule has 1 aromatic carbocycles. The molecule has 1 aromatic rings. The highest BCUT2D eigenvalue weighted by atomic mass is 16.5. The lowest BCUT2D eigenvalue weighted by Crippen LogP contribution is -2.33. The fourth-order valence-electron chi connectivity index (χ4n) is 1.67. The topological polar surface area (TPSA) is 46.6 Å². The predicted molar refractivity (Wildman–Crippen MR) is 78.2 cm³/mol. The lowest BCUT2D eigenvalue weighted by molar-refractivity contribution is -0.149. The Morgan fingerprint density at radius 2 is 1.85 bits per heavy atom. The van der Waals surface area contributed by atoms with Crippen molar-refractivity contribution in [3.8, 4) is 0 Å². The smallest absolute Gasteiger partial charge is 0.325 e. The van der Waals surface area contributed by atoms with Crippen LogP contribution in [0.25, 0.3) is 0 Å². The molecule has 0 saturated heterocycles. The van der Waals surface area contributed by atoms with E-state index >= 15 is 0 Å². The van der Waals surface area contributed by atoms with E-state index in [1.165, 1.54) is 4.90 Å². The highest BCUT2D eigenvalue weighted by Crippen LogP contribution is 2.04. The van der Waals surface area contributed by atoms with Crippen molar-refractivity contribution in [3.63, 3.8) is 0 Å². The summed E-state index contributed by atoms with van der Waals surface area (Å²) in [5, 5.41) is 0. The lowest BCUT2D eigenvalue weighted by atomic mass is 10.1. The number of likely N-dealkylation sites (N-methyl/N-ethyl adjacent to an activating group) is 1. The van der Waals surface area contributed by atoms with E-state index in [0.29, 0.717) is 25.4 Å². The van der Waals surface area contributed by atoms with Gasteiger partial charge in [0.25, 0.3) is 0 Å². The number of esters is 1. The van der Waals surface area contributed by atoms with Gasteiger partial charge >= 0.3 is 5.97 Å². The van der Waals surface area contributed by atoms with E-state index in [9.17, 15) is 9.59 Å². The van der Waals surface area contributed by atoms with Crippen molar-refractivity contribution in [1.82, 2.24) is 4.90 Å². The molecule has 0 fully saturated rings. The monoisotopic (exact) mass is 277 g/mol. The van der Waals surface area contributed by atoms with Crippen molar-refractivity contribution in [2.75, 3.05) is 20.2 Å². The fraction of sp³-hybridized carbons (Fsp3) is 0.500. The Labute approximate surface area is 120 Å². The Balaban J connectivity index is 2.30. The normalized spacial score (nSPS) is 10.4. The zero-order valence-electron chi connectivity index (χ0n) is 12.5. The molecule has 4 heteroatoms. The van der Waals surface area contributed by atoms with Crippen LogP contribution in [-0.2, 0) is 20.7 Å². The molecule has 20 heavy (non-hydrogen) atoms. The molecular formula is C16H23NO3. The second kappa shape index (κ2) is 8.35. The van der Waals surface area contributed by atoms with Crippen LogP contribution in [0, 0.1) is 5.92 Å². The van der Waals surface area contributed by atoms with Gasteiger partial charge in [0.15, 0.2) is 0 Å². The Morgan fingerprint density at radius 3 is 2.45 bits per heavy atom. The number of hydrogen-bond donors (Lipinski definition) is 0. The summed E-state index contributed by atoms with van der Waals surface area (Å²) < 4.78 is 5.05. The van der Waals surface area contributed by atoms with Gasteiger partial charge in [0.05, 0.1) is 6.61 Å². The van der Waals surface area contributed by atoms with Gasteiger partial charge in [-0.1, -0.05) is 44.2 Å². The minimum absolute atomic E-state index is 0.0142. The molecule has 0 atom stereocenters. The number of nitrogens with zero attached hydrogens (tertiary/aromatic N) is 1. The summed E-state index contributed by atoms with van der Waals surface area (Å²) in [4.78, 5) is 24.9. The average molecular weight is 277 g/mol. The molecule has 0 unspecified atom stereocenters. The van der Waals surface area contributed by atoms with Crippen molar-refractivity contribution < 1.29 is 14.3 Å². The van der Waals surface area contributed by atoms with Crippen LogP contribution in [0.1, 0.15) is 25.8 Å². The zero-order chi connectivity index (χ0) is 15.0. The number of aryl methyl sites for hydroxylation is 1. The summed E-state index contributed by atoms with van der Waals surface area (Å²) in [5.74, 6) is -0.0948. The van der Waals surface area contributed by atoms with Gasteiger partial charge in [0.2, 0.25) is 5.91 Å². The van der Waals surface area contributed by atoms with Crippen LogP contribution in [0.15, 0.2) is 30.3 Å². The van der Waals surface area contributed by atoms with E-state index in [2.05, 4.69) is 0 Å². The molecule has 1 rings (SSSR count). The Morgan fingerprint density at radius 1 is 1.20 bits per heavy atom. The maximum Gasteiger partial charge on any atom is 0.325 e. The van der Waals surface area contributed by atoms with E-state index in [0.717, 1.165) is 5.56 Å². The minimum Gasteiger partial charge on any atom is -0.464 e. The SMILES string of the molecule is CC(C)COC(=O)CN(C)C(=O)CCc1ccccc1. The van der Waals surface area contributed by atoms with Crippen LogP contribution < -0.4 is 0 Å². The summed E-state index contributed by atoms with van der Waals surface area (Å²) in [7, 11) is 1.63. The number of ether oxygens (including phenoxy) is 1. The molecule has 0 heterocycles. The number of amides is 1. The van der Waals surface area contributed by atoms with Gasteiger partial charge in [0, 0.05) is 13.5 Å². The molecule has 0 aliphatic carbocycles. The summed E-state index contributed by atoms with van der Waals surface area (Å²) in [6.07, 6.45) is 1.09. The van der Waals surface area contributed by atoms with Gasteiger partial charge in [-0.25, -0.2) is 0 Å². The van der Waals surface area contributed by atoms with E-state index in [1.54, 1.807) is 7.05 Å². The first-order valence-corrected chi connectivity index (χ1v) is 6.92. The second-order valence-corrected chi connectivity index (χ2v) is 5.31. The second-order valence-electron chi connectivity index (χ2n) is 5.31. The van der Waals surface area contributed by atoms with Crippen LogP contribution in [0.4, 0.5) is 0 Å². The standard InChI is InChI=1S/C16H23NO3/c1-13(2)12-20-16(19)11-17(3)15(18)10-9-14-7-5-4-6-8-14/h4-8,13H,9-12H2,1-3H3. The van der Waals surface area contributed by atoms with Crippen LogP contribution in [-0.4, -0.2) is 37.0 Å². The van der Waals surface area contributed by atoms with E-state index < -0.39 is 0 Å². The number of benzene rings is 1. The average Bonchev–Trinajstić information content (AvgIpc) is 2.43. The van der Waals surface area contributed by atoms with E-state index in [-0.39, 0.29) is 18.4 Å². The molecule has 0 spiro atoms. The van der Waals surface area contributed by atoms with Crippen LogP contribution >= 0.6 is 0 Å².